The second-order valence-corrected chi connectivity index (χ2v) is 11.4. The summed E-state index contributed by atoms with van der Waals surface area (Å²) in [6, 6.07) is 8.43. The van der Waals surface area contributed by atoms with Crippen molar-refractivity contribution in [3.8, 4) is 11.5 Å². The van der Waals surface area contributed by atoms with Crippen LogP contribution in [0.5, 0.6) is 11.5 Å². The van der Waals surface area contributed by atoms with E-state index in [1.54, 1.807) is 25.6 Å². The minimum Gasteiger partial charge on any atom is -0.495 e. The molecule has 0 spiro atoms. The van der Waals surface area contributed by atoms with Crippen LogP contribution in [0.1, 0.15) is 29.5 Å². The minimum absolute atomic E-state index is 0.203. The lowest BCUT2D eigenvalue weighted by Gasteiger charge is -2.42. The molecular weight excluding hydrogens is 543 g/mol. The molecule has 10 heteroatoms. The maximum atomic E-state index is 14.8. The van der Waals surface area contributed by atoms with Gasteiger partial charge in [-0.25, -0.2) is 14.4 Å². The predicted molar refractivity (Wildman–Crippen MR) is 163 cm³/mol. The maximum absolute atomic E-state index is 14.8. The SMILES string of the molecule is COc1cc(Nc2ncc(CCc3c(F)c(OC)cc(C)c3Cl)cn2)ccc1N1CCC(N2CCN(C)CC2)CC1. The van der Waals surface area contributed by atoms with Crippen molar-refractivity contribution in [3.05, 3.63) is 64.2 Å². The molecule has 2 aromatic carbocycles. The fraction of sp³-hybridized carbons (Fsp3) is 0.484. The van der Waals surface area contributed by atoms with Crippen LogP contribution < -0.4 is 19.7 Å². The molecule has 8 nitrogen and oxygen atoms in total. The zero-order valence-electron chi connectivity index (χ0n) is 24.4. The van der Waals surface area contributed by atoms with Gasteiger partial charge in [-0.2, -0.15) is 0 Å². The third kappa shape index (κ3) is 6.85. The zero-order chi connectivity index (χ0) is 28.9. The molecule has 0 amide bonds. The van der Waals surface area contributed by atoms with Crippen LogP contribution >= 0.6 is 11.6 Å². The van der Waals surface area contributed by atoms with Crippen LogP contribution in [-0.4, -0.2) is 86.3 Å². The van der Waals surface area contributed by atoms with E-state index >= 15 is 0 Å². The number of nitrogens with zero attached hydrogens (tertiary/aromatic N) is 5. The summed E-state index contributed by atoms with van der Waals surface area (Å²) in [5, 5.41) is 3.71. The molecular formula is C31H40ClFN6O2. The summed E-state index contributed by atoms with van der Waals surface area (Å²) < 4.78 is 25.7. The number of piperidine rings is 1. The molecule has 2 saturated heterocycles. The van der Waals surface area contributed by atoms with Gasteiger partial charge in [0.2, 0.25) is 5.95 Å². The summed E-state index contributed by atoms with van der Waals surface area (Å²) in [6.45, 7) is 8.55. The molecule has 0 bridgehead atoms. The number of anilines is 3. The Morgan fingerprint density at radius 3 is 2.29 bits per heavy atom. The van der Waals surface area contributed by atoms with Crippen LogP contribution in [0.2, 0.25) is 5.02 Å². The number of hydrogen-bond donors (Lipinski definition) is 1. The van der Waals surface area contributed by atoms with E-state index in [4.69, 9.17) is 21.1 Å². The van der Waals surface area contributed by atoms with Crippen molar-refractivity contribution in [2.75, 3.05) is 70.8 Å². The average molecular weight is 583 g/mol. The van der Waals surface area contributed by atoms with Crippen molar-refractivity contribution in [2.24, 2.45) is 0 Å². The smallest absolute Gasteiger partial charge is 0.227 e. The number of rotatable bonds is 9. The van der Waals surface area contributed by atoms with Gasteiger partial charge in [0.15, 0.2) is 11.6 Å². The first-order valence-corrected chi connectivity index (χ1v) is 14.7. The largest absolute Gasteiger partial charge is 0.495 e. The number of hydrogen-bond acceptors (Lipinski definition) is 8. The van der Waals surface area contributed by atoms with Gasteiger partial charge < -0.3 is 24.6 Å². The molecule has 0 unspecified atom stereocenters. The van der Waals surface area contributed by atoms with E-state index in [0.29, 0.717) is 35.4 Å². The van der Waals surface area contributed by atoms with Gasteiger partial charge in [0.05, 0.1) is 19.9 Å². The molecule has 1 N–H and O–H groups in total. The van der Waals surface area contributed by atoms with E-state index < -0.39 is 5.82 Å². The standard InChI is InChI=1S/C31H40ClFN6O2/c1-21-17-28(41-4)30(33)25(29(21)32)7-5-22-19-34-31(35-20-22)36-23-6-8-26(27(18-23)40-3)39-11-9-24(10-12-39)38-15-13-37(2)14-16-38/h6,8,17-20,24H,5,7,9-16H2,1-4H3,(H,34,35,36). The lowest BCUT2D eigenvalue weighted by molar-refractivity contribution is 0.0981. The van der Waals surface area contributed by atoms with Gasteiger partial charge in [0.25, 0.3) is 0 Å². The molecule has 2 aliphatic rings. The van der Waals surface area contributed by atoms with Crippen molar-refractivity contribution < 1.29 is 13.9 Å². The number of nitrogens with one attached hydrogen (secondary N) is 1. The lowest BCUT2D eigenvalue weighted by Crippen LogP contribution is -2.52. The summed E-state index contributed by atoms with van der Waals surface area (Å²) in [5.74, 6) is 1.10. The molecule has 3 heterocycles. The summed E-state index contributed by atoms with van der Waals surface area (Å²) in [4.78, 5) is 16.5. The number of aromatic nitrogens is 2. The number of ether oxygens (including phenoxy) is 2. The number of likely N-dealkylation sites (N-methyl/N-ethyl adjacent to an activating group) is 1. The Balaban J connectivity index is 1.18. The van der Waals surface area contributed by atoms with Gasteiger partial charge in [-0.1, -0.05) is 11.6 Å². The number of aryl methyl sites for hydroxylation is 2. The van der Waals surface area contributed by atoms with Crippen LogP contribution in [-0.2, 0) is 12.8 Å². The van der Waals surface area contributed by atoms with Crippen molar-refractivity contribution in [3.63, 3.8) is 0 Å². The Hall–Kier alpha value is -3.14. The quantitative estimate of drug-likeness (QED) is 0.363. The van der Waals surface area contributed by atoms with Gasteiger partial charge in [-0.3, -0.25) is 4.90 Å². The van der Waals surface area contributed by atoms with Crippen molar-refractivity contribution >= 4 is 28.9 Å². The third-order valence-corrected chi connectivity index (χ3v) is 8.85. The lowest BCUT2D eigenvalue weighted by atomic mass is 10.0. The van der Waals surface area contributed by atoms with E-state index in [0.717, 1.165) is 54.4 Å². The topological polar surface area (TPSA) is 66.0 Å². The highest BCUT2D eigenvalue weighted by molar-refractivity contribution is 6.32. The Kier molecular flexibility index (Phi) is 9.47. The summed E-state index contributed by atoms with van der Waals surface area (Å²) in [7, 11) is 5.37. The molecule has 0 radical (unpaired) electrons. The van der Waals surface area contributed by atoms with E-state index in [9.17, 15) is 4.39 Å². The van der Waals surface area contributed by atoms with Crippen molar-refractivity contribution in [1.29, 1.82) is 0 Å². The normalized spacial score (nSPS) is 17.1. The molecule has 3 aromatic rings. The molecule has 1 aromatic heterocycles. The van der Waals surface area contributed by atoms with Gasteiger partial charge in [0.1, 0.15) is 5.75 Å². The monoisotopic (exact) mass is 582 g/mol. The van der Waals surface area contributed by atoms with Crippen LogP contribution in [0.4, 0.5) is 21.7 Å². The summed E-state index contributed by atoms with van der Waals surface area (Å²) in [5.41, 5.74) is 4.09. The van der Waals surface area contributed by atoms with Gasteiger partial charge in [-0.15, -0.1) is 0 Å². The predicted octanol–water partition coefficient (Wildman–Crippen LogP) is 5.34. The Morgan fingerprint density at radius 2 is 1.63 bits per heavy atom. The number of methoxy groups -OCH3 is 2. The number of piperazine rings is 1. The fourth-order valence-electron chi connectivity index (χ4n) is 5.80. The van der Waals surface area contributed by atoms with Crippen LogP contribution in [0.15, 0.2) is 36.7 Å². The third-order valence-electron chi connectivity index (χ3n) is 8.32. The van der Waals surface area contributed by atoms with Gasteiger partial charge in [-0.05, 0) is 69.0 Å². The van der Waals surface area contributed by atoms with E-state index in [1.165, 1.54) is 33.0 Å². The van der Waals surface area contributed by atoms with Crippen LogP contribution in [0, 0.1) is 12.7 Å². The molecule has 5 rings (SSSR count). The molecule has 0 atom stereocenters. The Labute approximate surface area is 247 Å². The summed E-state index contributed by atoms with van der Waals surface area (Å²) in [6.07, 6.45) is 6.82. The minimum atomic E-state index is -0.417. The zero-order valence-corrected chi connectivity index (χ0v) is 25.2. The van der Waals surface area contributed by atoms with E-state index in [2.05, 4.69) is 43.1 Å². The summed E-state index contributed by atoms with van der Waals surface area (Å²) >= 11 is 6.38. The first-order chi connectivity index (χ1) is 19.9. The molecule has 0 aliphatic carbocycles. The highest BCUT2D eigenvalue weighted by atomic mass is 35.5. The number of halogens is 2. The highest BCUT2D eigenvalue weighted by Crippen LogP contribution is 2.35. The number of benzene rings is 2. The van der Waals surface area contributed by atoms with E-state index in [1.807, 2.05) is 19.1 Å². The first-order valence-electron chi connectivity index (χ1n) is 14.3. The molecule has 220 valence electrons. The van der Waals surface area contributed by atoms with Crippen molar-refractivity contribution in [1.82, 2.24) is 19.8 Å². The molecule has 41 heavy (non-hydrogen) atoms. The maximum Gasteiger partial charge on any atom is 0.227 e. The highest BCUT2D eigenvalue weighted by Gasteiger charge is 2.27. The van der Waals surface area contributed by atoms with Crippen LogP contribution in [0.3, 0.4) is 0 Å². The van der Waals surface area contributed by atoms with Crippen LogP contribution in [0.25, 0.3) is 0 Å². The van der Waals surface area contributed by atoms with Gasteiger partial charge in [0, 0.05) is 80.0 Å². The van der Waals surface area contributed by atoms with E-state index in [-0.39, 0.29) is 5.75 Å². The molecule has 0 saturated carbocycles. The van der Waals surface area contributed by atoms with Gasteiger partial charge >= 0.3 is 0 Å². The Morgan fingerprint density at radius 1 is 0.951 bits per heavy atom. The fourth-order valence-corrected chi connectivity index (χ4v) is 6.03. The Bertz CT molecular complexity index is 1330. The van der Waals surface area contributed by atoms with Crippen molar-refractivity contribution in [2.45, 2.75) is 38.6 Å². The average Bonchev–Trinajstić information content (AvgIpc) is 3.00. The second kappa shape index (κ2) is 13.2. The first kappa shape index (κ1) is 29.4. The molecule has 2 fully saturated rings. The molecule has 2 aliphatic heterocycles. The second-order valence-electron chi connectivity index (χ2n) is 11.0.